The van der Waals surface area contributed by atoms with Crippen molar-refractivity contribution < 1.29 is 18.6 Å². The normalized spacial score (nSPS) is 9.90. The van der Waals surface area contributed by atoms with E-state index in [0.717, 1.165) is 0 Å². The molecule has 0 bridgehead atoms. The van der Waals surface area contributed by atoms with Crippen LogP contribution in [0.15, 0.2) is 54.6 Å². The van der Waals surface area contributed by atoms with E-state index in [9.17, 15) is 9.59 Å². The summed E-state index contributed by atoms with van der Waals surface area (Å²) in [6.07, 6.45) is 0. The van der Waals surface area contributed by atoms with Gasteiger partial charge < -0.3 is 15.8 Å². The van der Waals surface area contributed by atoms with E-state index >= 15 is 0 Å². The lowest BCUT2D eigenvalue weighted by Crippen LogP contribution is -2.28. The maximum atomic E-state index is 11.8. The van der Waals surface area contributed by atoms with Gasteiger partial charge in [-0.3, -0.25) is 9.59 Å². The van der Waals surface area contributed by atoms with Gasteiger partial charge in [-0.15, -0.1) is 0 Å². The van der Waals surface area contributed by atoms with Crippen LogP contribution in [-0.2, 0) is 0 Å². The van der Waals surface area contributed by atoms with E-state index in [4.69, 9.17) is 10.5 Å². The Balaban J connectivity index is 0. The Morgan fingerprint density at radius 1 is 1.00 bits per heavy atom. The molecule has 0 saturated carbocycles. The summed E-state index contributed by atoms with van der Waals surface area (Å²) in [5.41, 5.74) is 6.19. The topological polar surface area (TPSA) is 81.4 Å². The molecule has 21 heavy (non-hydrogen) atoms. The maximum absolute atomic E-state index is 11.8. The van der Waals surface area contributed by atoms with Gasteiger partial charge >= 0.3 is 0 Å². The lowest BCUT2D eigenvalue weighted by Gasteiger charge is -2.08. The molecule has 2 rings (SSSR count). The van der Waals surface area contributed by atoms with E-state index in [0.29, 0.717) is 30.0 Å². The molecule has 0 aliphatic heterocycles. The van der Waals surface area contributed by atoms with Crippen LogP contribution in [-0.4, -0.2) is 25.0 Å². The van der Waals surface area contributed by atoms with Crippen LogP contribution in [0.25, 0.3) is 0 Å². The van der Waals surface area contributed by atoms with Gasteiger partial charge in [-0.1, -0.05) is 18.2 Å². The highest BCUT2D eigenvalue weighted by molar-refractivity contribution is 5.94. The van der Waals surface area contributed by atoms with Crippen molar-refractivity contribution in [3.63, 3.8) is 0 Å². The molecule has 2 aromatic carbocycles. The fourth-order valence-electron chi connectivity index (χ4n) is 1.74. The summed E-state index contributed by atoms with van der Waals surface area (Å²) >= 11 is 0. The summed E-state index contributed by atoms with van der Waals surface area (Å²) < 4.78 is 5.46. The predicted molar refractivity (Wildman–Crippen MR) is 85.6 cm³/mol. The van der Waals surface area contributed by atoms with E-state index in [1.54, 1.807) is 36.4 Å². The van der Waals surface area contributed by atoms with E-state index in [2.05, 4.69) is 5.32 Å². The number of nitrogens with two attached hydrogens (primary N) is 1. The van der Waals surface area contributed by atoms with E-state index in [-0.39, 0.29) is 10.2 Å². The summed E-state index contributed by atoms with van der Waals surface area (Å²) in [6.45, 7) is 0.736. The lowest BCUT2D eigenvalue weighted by molar-refractivity contribution is 0.0945. The molecule has 5 heteroatoms. The quantitative estimate of drug-likeness (QED) is 0.801. The minimum atomic E-state index is -0.475. The Bertz CT molecular complexity index is 622. The molecule has 3 N–H and O–H groups in total. The number of hydrogen-bond donors (Lipinski definition) is 2. The fourth-order valence-corrected chi connectivity index (χ4v) is 1.74. The number of benzene rings is 2. The highest BCUT2D eigenvalue weighted by Gasteiger charge is 2.03. The first-order valence-corrected chi connectivity index (χ1v) is 6.53. The van der Waals surface area contributed by atoms with Gasteiger partial charge in [-0.05, 0) is 36.4 Å². The highest BCUT2D eigenvalue weighted by Crippen LogP contribution is 2.11. The van der Waals surface area contributed by atoms with Gasteiger partial charge in [0.2, 0.25) is 5.91 Å². The van der Waals surface area contributed by atoms with Crippen molar-refractivity contribution in [1.82, 2.24) is 5.32 Å². The number of amides is 2. The number of carbonyl (C=O) groups is 2. The molecule has 5 nitrogen and oxygen atoms in total. The third kappa shape index (κ3) is 4.35. The minimum Gasteiger partial charge on any atom is -0.492 e. The van der Waals surface area contributed by atoms with Crippen LogP contribution in [0.5, 0.6) is 5.75 Å². The van der Waals surface area contributed by atoms with Gasteiger partial charge in [-0.2, -0.15) is 0 Å². The van der Waals surface area contributed by atoms with Crippen molar-refractivity contribution in [3.05, 3.63) is 65.7 Å². The molecule has 0 saturated heterocycles. The smallest absolute Gasteiger partial charge is 0.251 e. The molecule has 0 fully saturated rings. The third-order valence-corrected chi connectivity index (χ3v) is 2.83. The Kier molecular flexibility index (Phi) is 4.93. The first-order valence-electron chi connectivity index (χ1n) is 6.53. The van der Waals surface area contributed by atoms with Crippen LogP contribution in [0.1, 0.15) is 25.0 Å². The molecule has 0 atom stereocenters. The van der Waals surface area contributed by atoms with E-state index < -0.39 is 5.91 Å². The molecule has 0 aliphatic carbocycles. The second kappa shape index (κ2) is 7.09. The van der Waals surface area contributed by atoms with Crippen molar-refractivity contribution in [2.45, 2.75) is 0 Å². The molecule has 114 valence electrons. The van der Waals surface area contributed by atoms with Gasteiger partial charge in [0.25, 0.3) is 5.91 Å². The Labute approximate surface area is 127 Å². The SMILES string of the molecule is NC(=O)c1ccc(OCCNC(=O)c2ccccc2)cc1.[HH].[HH].[HH]. The lowest BCUT2D eigenvalue weighted by atomic mass is 10.2. The van der Waals surface area contributed by atoms with Crippen LogP contribution in [0.2, 0.25) is 0 Å². The van der Waals surface area contributed by atoms with Crippen LogP contribution < -0.4 is 15.8 Å². The second-order valence-corrected chi connectivity index (χ2v) is 4.36. The van der Waals surface area contributed by atoms with Crippen LogP contribution in [0.3, 0.4) is 0 Å². The summed E-state index contributed by atoms with van der Waals surface area (Å²) in [7, 11) is 0. The van der Waals surface area contributed by atoms with Crippen LogP contribution >= 0.6 is 0 Å². The molecule has 0 radical (unpaired) electrons. The zero-order valence-corrected chi connectivity index (χ0v) is 11.4. The van der Waals surface area contributed by atoms with Gasteiger partial charge in [0.05, 0.1) is 6.54 Å². The average Bonchev–Trinajstić information content (AvgIpc) is 2.52. The number of primary amides is 1. The fraction of sp³-hybridized carbons (Fsp3) is 0.125. The zero-order chi connectivity index (χ0) is 15.1. The predicted octanol–water partition coefficient (Wildman–Crippen LogP) is 2.33. The molecule has 0 aromatic heterocycles. The molecule has 2 amide bonds. The number of ether oxygens (including phenoxy) is 1. The number of hydrogen-bond acceptors (Lipinski definition) is 3. The van der Waals surface area contributed by atoms with E-state index in [1.807, 2.05) is 18.2 Å². The number of carbonyl (C=O) groups excluding carboxylic acids is 2. The first-order chi connectivity index (χ1) is 10.2. The minimum absolute atomic E-state index is 0. The zero-order valence-electron chi connectivity index (χ0n) is 11.4. The van der Waals surface area contributed by atoms with Gasteiger partial charge in [0.1, 0.15) is 12.4 Å². The standard InChI is InChI=1S/C16H16N2O3.3H2/c17-15(19)12-6-8-14(9-7-12)21-11-10-18-16(20)13-4-2-1-3-5-13;;;/h1-9H,10-11H2,(H2,17,19)(H,18,20);3*1H. The Morgan fingerprint density at radius 3 is 2.29 bits per heavy atom. The second-order valence-electron chi connectivity index (χ2n) is 4.36. The third-order valence-electron chi connectivity index (χ3n) is 2.83. The monoisotopic (exact) mass is 290 g/mol. The van der Waals surface area contributed by atoms with Gasteiger partial charge in [0.15, 0.2) is 0 Å². The largest absolute Gasteiger partial charge is 0.492 e. The summed E-state index contributed by atoms with van der Waals surface area (Å²) in [5.74, 6) is 0.00825. The number of rotatable bonds is 6. The van der Waals surface area contributed by atoms with Crippen LogP contribution in [0.4, 0.5) is 0 Å². The average molecular weight is 290 g/mol. The van der Waals surface area contributed by atoms with E-state index in [1.165, 1.54) is 0 Å². The molecule has 0 heterocycles. The summed E-state index contributed by atoms with van der Waals surface area (Å²) in [5, 5.41) is 2.76. The van der Waals surface area contributed by atoms with Gasteiger partial charge in [0, 0.05) is 15.4 Å². The van der Waals surface area contributed by atoms with Crippen molar-refractivity contribution in [2.75, 3.05) is 13.2 Å². The first kappa shape index (κ1) is 14.6. The highest BCUT2D eigenvalue weighted by atomic mass is 16.5. The molecule has 2 aromatic rings. The van der Waals surface area contributed by atoms with Gasteiger partial charge in [-0.25, -0.2) is 0 Å². The Hall–Kier alpha value is -2.82. The maximum Gasteiger partial charge on any atom is 0.251 e. The van der Waals surface area contributed by atoms with Crippen molar-refractivity contribution in [2.24, 2.45) is 5.73 Å². The molecular weight excluding hydrogens is 268 g/mol. The Morgan fingerprint density at radius 2 is 1.67 bits per heavy atom. The van der Waals surface area contributed by atoms with Crippen LogP contribution in [0, 0.1) is 0 Å². The molecule has 0 aliphatic rings. The number of nitrogens with one attached hydrogen (secondary N) is 1. The summed E-state index contributed by atoms with van der Waals surface area (Å²) in [4.78, 5) is 22.7. The van der Waals surface area contributed by atoms with Crippen molar-refractivity contribution >= 4 is 11.8 Å². The van der Waals surface area contributed by atoms with Crippen molar-refractivity contribution in [1.29, 1.82) is 0 Å². The molecular formula is C16H22N2O3. The summed E-state index contributed by atoms with van der Waals surface area (Å²) in [6, 6.07) is 15.5. The van der Waals surface area contributed by atoms with Crippen molar-refractivity contribution in [3.8, 4) is 5.75 Å². The molecule has 0 unspecified atom stereocenters. The molecule has 0 spiro atoms.